The fraction of sp³-hybridized carbons (Fsp3) is 0.455. The van der Waals surface area contributed by atoms with Crippen LogP contribution in [-0.4, -0.2) is 39.1 Å². The van der Waals surface area contributed by atoms with E-state index in [9.17, 15) is 20.4 Å². The molecule has 0 fully saturated rings. The molecule has 0 saturated carbocycles. The predicted molar refractivity (Wildman–Crippen MR) is 70.9 cm³/mol. The molecule has 0 saturated heterocycles. The molecule has 0 aliphatic rings. The van der Waals surface area contributed by atoms with Gasteiger partial charge in [0.05, 0.1) is 18.6 Å². The van der Waals surface area contributed by atoms with Crippen LogP contribution in [0.2, 0.25) is 0 Å². The van der Waals surface area contributed by atoms with Gasteiger partial charge < -0.3 is 20.4 Å². The number of aliphatic hydroxyl groups is 4. The molecule has 4 nitrogen and oxygen atoms in total. The number of aliphatic hydroxyl groups excluding tert-OH is 3. The normalized spacial score (nSPS) is 17.5. The van der Waals surface area contributed by atoms with Crippen LogP contribution in [0.25, 0.3) is 0 Å². The SMILES string of the molecule is OCC(CO)(C(O)S)C(O)(S)c1ccccc1. The largest absolute Gasteiger partial charge is 0.395 e. The first kappa shape index (κ1) is 14.8. The third-order valence-electron chi connectivity index (χ3n) is 2.93. The fourth-order valence-corrected chi connectivity index (χ4v) is 2.44. The number of rotatable bonds is 5. The van der Waals surface area contributed by atoms with Crippen molar-refractivity contribution in [3.05, 3.63) is 35.9 Å². The van der Waals surface area contributed by atoms with E-state index in [1.807, 2.05) is 0 Å². The van der Waals surface area contributed by atoms with E-state index in [1.165, 1.54) is 0 Å². The van der Waals surface area contributed by atoms with Gasteiger partial charge in [-0.1, -0.05) is 30.3 Å². The maximum absolute atomic E-state index is 10.4. The van der Waals surface area contributed by atoms with Gasteiger partial charge in [-0.15, -0.1) is 25.3 Å². The summed E-state index contributed by atoms with van der Waals surface area (Å²) in [6, 6.07) is 8.29. The molecule has 1 rings (SSSR count). The lowest BCUT2D eigenvalue weighted by Gasteiger charge is -2.43. The van der Waals surface area contributed by atoms with Crippen LogP contribution < -0.4 is 0 Å². The van der Waals surface area contributed by atoms with Crippen LogP contribution in [0, 0.1) is 5.41 Å². The Hall–Kier alpha value is -0.240. The summed E-state index contributed by atoms with van der Waals surface area (Å²) in [6.45, 7) is -1.33. The van der Waals surface area contributed by atoms with Gasteiger partial charge in [-0.05, 0) is 5.56 Å². The second-order valence-electron chi connectivity index (χ2n) is 3.88. The second-order valence-corrected chi connectivity index (χ2v) is 5.02. The van der Waals surface area contributed by atoms with Gasteiger partial charge in [0.1, 0.15) is 10.4 Å². The first-order valence-corrected chi connectivity index (χ1v) is 5.97. The third-order valence-corrected chi connectivity index (χ3v) is 4.13. The van der Waals surface area contributed by atoms with Crippen LogP contribution in [0.1, 0.15) is 5.56 Å². The lowest BCUT2D eigenvalue weighted by molar-refractivity contribution is -0.116. The average Bonchev–Trinajstić information content (AvgIpc) is 2.31. The molecule has 0 aliphatic heterocycles. The van der Waals surface area contributed by atoms with Crippen LogP contribution in [0.4, 0.5) is 0 Å². The molecule has 1 aromatic carbocycles. The molecule has 1 aromatic rings. The van der Waals surface area contributed by atoms with Crippen LogP contribution in [0.5, 0.6) is 0 Å². The highest BCUT2D eigenvalue weighted by molar-refractivity contribution is 7.82. The Bertz CT molecular complexity index is 350. The molecule has 0 radical (unpaired) electrons. The number of thiol groups is 2. The molecule has 17 heavy (non-hydrogen) atoms. The smallest absolute Gasteiger partial charge is 0.146 e. The standard InChI is InChI=1S/C11H16O4S2/c12-6-10(7-13,9(14)16)11(15,17)8-4-2-1-3-5-8/h1-5,9,12-17H,6-7H2. The van der Waals surface area contributed by atoms with Gasteiger partial charge in [0.2, 0.25) is 0 Å². The Morgan fingerprint density at radius 3 is 1.94 bits per heavy atom. The molecule has 0 spiro atoms. The maximum Gasteiger partial charge on any atom is 0.146 e. The van der Waals surface area contributed by atoms with Crippen LogP contribution in [0.3, 0.4) is 0 Å². The molecule has 2 atom stereocenters. The summed E-state index contributed by atoms with van der Waals surface area (Å²) in [6.07, 6.45) is 0. The lowest BCUT2D eigenvalue weighted by Crippen LogP contribution is -2.53. The minimum absolute atomic E-state index is 0.361. The van der Waals surface area contributed by atoms with Crippen molar-refractivity contribution >= 4 is 25.3 Å². The highest BCUT2D eigenvalue weighted by atomic mass is 32.1. The van der Waals surface area contributed by atoms with Crippen LogP contribution in [0.15, 0.2) is 30.3 Å². The molecule has 6 heteroatoms. The van der Waals surface area contributed by atoms with Gasteiger partial charge in [-0.25, -0.2) is 0 Å². The second kappa shape index (κ2) is 5.60. The van der Waals surface area contributed by atoms with Crippen molar-refractivity contribution in [1.29, 1.82) is 0 Å². The molecule has 0 amide bonds. The Balaban J connectivity index is 3.27. The first-order chi connectivity index (χ1) is 7.92. The van der Waals surface area contributed by atoms with Crippen LogP contribution in [-0.2, 0) is 4.93 Å². The third kappa shape index (κ3) is 2.47. The zero-order valence-corrected chi connectivity index (χ0v) is 10.9. The van der Waals surface area contributed by atoms with Crippen molar-refractivity contribution in [2.45, 2.75) is 10.4 Å². The quantitative estimate of drug-likeness (QED) is 0.337. The van der Waals surface area contributed by atoms with Gasteiger partial charge in [-0.2, -0.15) is 0 Å². The zero-order chi connectivity index (χ0) is 13.1. The van der Waals surface area contributed by atoms with Gasteiger partial charge in [-0.3, -0.25) is 0 Å². The monoisotopic (exact) mass is 276 g/mol. The molecule has 4 N–H and O–H groups in total. The first-order valence-electron chi connectivity index (χ1n) is 5.00. The fourth-order valence-electron chi connectivity index (χ4n) is 1.57. The Kier molecular flexibility index (Phi) is 4.88. The Labute approximate surface area is 111 Å². The predicted octanol–water partition coefficient (Wildman–Crippen LogP) is -0.0193. The van der Waals surface area contributed by atoms with Gasteiger partial charge in [0, 0.05) is 0 Å². The molecule has 96 valence electrons. The van der Waals surface area contributed by atoms with E-state index in [2.05, 4.69) is 25.3 Å². The summed E-state index contributed by atoms with van der Waals surface area (Å²) in [4.78, 5) is -1.90. The highest BCUT2D eigenvalue weighted by Crippen LogP contribution is 2.46. The molecule has 0 heterocycles. The molecular weight excluding hydrogens is 260 g/mol. The van der Waals surface area contributed by atoms with E-state index in [-0.39, 0.29) is 0 Å². The summed E-state index contributed by atoms with van der Waals surface area (Å²) in [5.74, 6) is 0. The lowest BCUT2D eigenvalue weighted by atomic mass is 9.79. The minimum Gasteiger partial charge on any atom is -0.395 e. The van der Waals surface area contributed by atoms with E-state index < -0.39 is 29.0 Å². The van der Waals surface area contributed by atoms with Crippen molar-refractivity contribution in [1.82, 2.24) is 0 Å². The van der Waals surface area contributed by atoms with Crippen molar-refractivity contribution < 1.29 is 20.4 Å². The Morgan fingerprint density at radius 2 is 1.59 bits per heavy atom. The van der Waals surface area contributed by atoms with Gasteiger partial charge >= 0.3 is 0 Å². The summed E-state index contributed by atoms with van der Waals surface area (Å²) >= 11 is 7.89. The number of hydrogen-bond donors (Lipinski definition) is 6. The molecular formula is C11H16O4S2. The highest BCUT2D eigenvalue weighted by Gasteiger charge is 2.52. The summed E-state index contributed by atoms with van der Waals surface area (Å²) in [5, 5.41) is 38.7. The van der Waals surface area contributed by atoms with Crippen molar-refractivity contribution in [2.75, 3.05) is 13.2 Å². The van der Waals surface area contributed by atoms with Crippen molar-refractivity contribution in [2.24, 2.45) is 5.41 Å². The van der Waals surface area contributed by atoms with E-state index in [0.717, 1.165) is 0 Å². The average molecular weight is 276 g/mol. The van der Waals surface area contributed by atoms with E-state index in [1.54, 1.807) is 30.3 Å². The van der Waals surface area contributed by atoms with Gasteiger partial charge in [0.15, 0.2) is 0 Å². The topological polar surface area (TPSA) is 80.9 Å². The van der Waals surface area contributed by atoms with E-state index >= 15 is 0 Å². The number of hydrogen-bond acceptors (Lipinski definition) is 6. The van der Waals surface area contributed by atoms with Crippen LogP contribution >= 0.6 is 25.3 Å². The summed E-state index contributed by atoms with van der Waals surface area (Å²) in [7, 11) is 0. The molecule has 0 bridgehead atoms. The van der Waals surface area contributed by atoms with Gasteiger partial charge in [0.25, 0.3) is 0 Å². The summed E-state index contributed by atoms with van der Waals surface area (Å²) in [5.41, 5.74) is -2.74. The van der Waals surface area contributed by atoms with Crippen molar-refractivity contribution in [3.8, 4) is 0 Å². The Morgan fingerprint density at radius 1 is 1.12 bits per heavy atom. The zero-order valence-electron chi connectivity index (χ0n) is 9.06. The molecule has 0 aromatic heterocycles. The maximum atomic E-state index is 10.4. The number of benzene rings is 1. The molecule has 2 unspecified atom stereocenters. The van der Waals surface area contributed by atoms with Crippen molar-refractivity contribution in [3.63, 3.8) is 0 Å². The minimum atomic E-state index is -1.90. The molecule has 0 aliphatic carbocycles. The summed E-state index contributed by atoms with van der Waals surface area (Å²) < 4.78 is 0. The van der Waals surface area contributed by atoms with E-state index in [4.69, 9.17) is 0 Å². The van der Waals surface area contributed by atoms with E-state index in [0.29, 0.717) is 5.56 Å².